The lowest BCUT2D eigenvalue weighted by Crippen LogP contribution is -2.43. The van der Waals surface area contributed by atoms with Crippen LogP contribution in [0.3, 0.4) is 0 Å². The highest BCUT2D eigenvalue weighted by Gasteiger charge is 2.31. The first-order chi connectivity index (χ1) is 12.0. The molecule has 0 radical (unpaired) electrons. The smallest absolute Gasteiger partial charge is 0.243 e. The number of amides is 1. The minimum absolute atomic E-state index is 0.00775. The molecule has 0 bridgehead atoms. The molecule has 0 unspecified atom stereocenters. The quantitative estimate of drug-likeness (QED) is 0.663. The van der Waals surface area contributed by atoms with Gasteiger partial charge in [-0.3, -0.25) is 4.79 Å². The Kier molecular flexibility index (Phi) is 7.22. The van der Waals surface area contributed by atoms with E-state index in [-0.39, 0.29) is 16.7 Å². The molecule has 2 rings (SSSR count). The number of nitrogens with one attached hydrogen (secondary N) is 2. The van der Waals surface area contributed by atoms with E-state index in [1.807, 2.05) is 14.0 Å². The van der Waals surface area contributed by atoms with Crippen LogP contribution in [-0.2, 0) is 14.8 Å². The van der Waals surface area contributed by atoms with E-state index in [0.717, 1.165) is 6.54 Å². The molecule has 1 heterocycles. The van der Waals surface area contributed by atoms with Crippen LogP contribution in [-0.4, -0.2) is 58.5 Å². The fourth-order valence-electron chi connectivity index (χ4n) is 2.84. The number of sulfonamides is 1. The molecule has 1 saturated heterocycles. The minimum Gasteiger partial charge on any atom is -0.494 e. The molecule has 1 aliphatic heterocycles. The number of benzene rings is 1. The Hall–Kier alpha value is -1.64. The largest absolute Gasteiger partial charge is 0.494 e. The average Bonchev–Trinajstić information content (AvgIpc) is 2.63. The summed E-state index contributed by atoms with van der Waals surface area (Å²) in [4.78, 5) is 12.3. The van der Waals surface area contributed by atoms with Crippen molar-refractivity contribution in [1.29, 1.82) is 0 Å². The minimum atomic E-state index is -3.53. The standard InChI is InChI=1S/C17H27N3O4S/c1-3-24-15-4-6-16(7-5-15)25(22,23)20-12-8-14(9-13-20)17(21)19-11-10-18-2/h4-7,14,18H,3,8-13H2,1-2H3,(H,19,21). The maximum atomic E-state index is 12.7. The average molecular weight is 369 g/mol. The summed E-state index contributed by atoms with van der Waals surface area (Å²) in [6.07, 6.45) is 1.09. The topological polar surface area (TPSA) is 87.7 Å². The van der Waals surface area contributed by atoms with Gasteiger partial charge in [0.05, 0.1) is 11.5 Å². The summed E-state index contributed by atoms with van der Waals surface area (Å²) < 4.78 is 32.2. The lowest BCUT2D eigenvalue weighted by atomic mass is 9.97. The van der Waals surface area contributed by atoms with Crippen molar-refractivity contribution in [3.8, 4) is 5.75 Å². The molecule has 0 aromatic heterocycles. The molecule has 7 nitrogen and oxygen atoms in total. The summed E-state index contributed by atoms with van der Waals surface area (Å²) in [7, 11) is -1.70. The van der Waals surface area contributed by atoms with Crippen LogP contribution in [0.25, 0.3) is 0 Å². The zero-order valence-electron chi connectivity index (χ0n) is 14.8. The highest BCUT2D eigenvalue weighted by molar-refractivity contribution is 7.89. The predicted octanol–water partition coefficient (Wildman–Crippen LogP) is 0.822. The Bertz CT molecular complexity index is 653. The Morgan fingerprint density at radius 1 is 1.20 bits per heavy atom. The number of ether oxygens (including phenoxy) is 1. The van der Waals surface area contributed by atoms with Crippen LogP contribution in [0.2, 0.25) is 0 Å². The Labute approximate surface area is 149 Å². The Morgan fingerprint density at radius 3 is 2.40 bits per heavy atom. The van der Waals surface area contributed by atoms with Crippen molar-refractivity contribution in [2.24, 2.45) is 5.92 Å². The second kappa shape index (κ2) is 9.17. The number of piperidine rings is 1. The number of hydrogen-bond acceptors (Lipinski definition) is 5. The van der Waals surface area contributed by atoms with Gasteiger partial charge in [0.25, 0.3) is 0 Å². The molecule has 1 aromatic carbocycles. The van der Waals surface area contributed by atoms with Gasteiger partial charge < -0.3 is 15.4 Å². The van der Waals surface area contributed by atoms with Gasteiger partial charge in [0.15, 0.2) is 0 Å². The van der Waals surface area contributed by atoms with Crippen LogP contribution < -0.4 is 15.4 Å². The summed E-state index contributed by atoms with van der Waals surface area (Å²) in [5.41, 5.74) is 0. The van der Waals surface area contributed by atoms with Gasteiger partial charge in [-0.15, -0.1) is 0 Å². The molecule has 1 aliphatic rings. The Balaban J connectivity index is 1.93. The van der Waals surface area contributed by atoms with Crippen molar-refractivity contribution < 1.29 is 17.9 Å². The molecule has 0 aliphatic carbocycles. The molecule has 0 spiro atoms. The first-order valence-corrected chi connectivity index (χ1v) is 10.1. The molecule has 8 heteroatoms. The van der Waals surface area contributed by atoms with Crippen molar-refractivity contribution >= 4 is 15.9 Å². The normalized spacial score (nSPS) is 16.6. The van der Waals surface area contributed by atoms with E-state index in [9.17, 15) is 13.2 Å². The molecule has 1 aromatic rings. The molecule has 2 N–H and O–H groups in total. The van der Waals surface area contributed by atoms with E-state index >= 15 is 0 Å². The lowest BCUT2D eigenvalue weighted by Gasteiger charge is -2.30. The molecule has 0 saturated carbocycles. The first-order valence-electron chi connectivity index (χ1n) is 8.64. The third kappa shape index (κ3) is 5.17. The summed E-state index contributed by atoms with van der Waals surface area (Å²) >= 11 is 0. The highest BCUT2D eigenvalue weighted by Crippen LogP contribution is 2.25. The monoisotopic (exact) mass is 369 g/mol. The van der Waals surface area contributed by atoms with Gasteiger partial charge in [-0.2, -0.15) is 4.31 Å². The summed E-state index contributed by atoms with van der Waals surface area (Å²) in [5.74, 6) is 0.537. The van der Waals surface area contributed by atoms with Crippen molar-refractivity contribution in [2.45, 2.75) is 24.7 Å². The number of hydrogen-bond donors (Lipinski definition) is 2. The number of likely N-dealkylation sites (N-methyl/N-ethyl adjacent to an activating group) is 1. The third-order valence-electron chi connectivity index (χ3n) is 4.27. The van der Waals surface area contributed by atoms with Crippen LogP contribution in [0, 0.1) is 5.92 Å². The molecule has 1 amide bonds. The number of carbonyl (C=O) groups excluding carboxylic acids is 1. The zero-order chi connectivity index (χ0) is 18.3. The molecular weight excluding hydrogens is 342 g/mol. The summed E-state index contributed by atoms with van der Waals surface area (Å²) in [6.45, 7) is 4.44. The van der Waals surface area contributed by atoms with E-state index in [1.165, 1.54) is 4.31 Å². The van der Waals surface area contributed by atoms with Gasteiger partial charge in [-0.1, -0.05) is 0 Å². The van der Waals surface area contributed by atoms with Gasteiger partial charge in [0, 0.05) is 32.1 Å². The van der Waals surface area contributed by atoms with E-state index in [1.54, 1.807) is 24.3 Å². The number of carbonyl (C=O) groups is 1. The van der Waals surface area contributed by atoms with Gasteiger partial charge >= 0.3 is 0 Å². The molecular formula is C17H27N3O4S. The number of rotatable bonds is 8. The first kappa shape index (κ1) is 19.7. The van der Waals surface area contributed by atoms with E-state index in [2.05, 4.69) is 10.6 Å². The van der Waals surface area contributed by atoms with Gasteiger partial charge in [-0.05, 0) is 51.1 Å². The van der Waals surface area contributed by atoms with E-state index in [4.69, 9.17) is 4.74 Å². The SMILES string of the molecule is CCOc1ccc(S(=O)(=O)N2CCC(C(=O)NCCNC)CC2)cc1. The van der Waals surface area contributed by atoms with Crippen molar-refractivity contribution in [1.82, 2.24) is 14.9 Å². The van der Waals surface area contributed by atoms with Crippen LogP contribution in [0.4, 0.5) is 0 Å². The van der Waals surface area contributed by atoms with Gasteiger partial charge in [0.1, 0.15) is 5.75 Å². The summed E-state index contributed by atoms with van der Waals surface area (Å²) in [6, 6.07) is 6.46. The second-order valence-electron chi connectivity index (χ2n) is 5.98. The molecule has 25 heavy (non-hydrogen) atoms. The van der Waals surface area contributed by atoms with Crippen molar-refractivity contribution in [3.63, 3.8) is 0 Å². The molecule has 1 fully saturated rings. The summed E-state index contributed by atoms with van der Waals surface area (Å²) in [5, 5.41) is 5.85. The van der Waals surface area contributed by atoms with Crippen LogP contribution >= 0.6 is 0 Å². The Morgan fingerprint density at radius 2 is 1.84 bits per heavy atom. The van der Waals surface area contributed by atoms with Gasteiger partial charge in [-0.25, -0.2) is 8.42 Å². The van der Waals surface area contributed by atoms with Crippen LogP contribution in [0.1, 0.15) is 19.8 Å². The molecule has 140 valence electrons. The lowest BCUT2D eigenvalue weighted by molar-refractivity contribution is -0.126. The van der Waals surface area contributed by atoms with E-state index in [0.29, 0.717) is 44.8 Å². The predicted molar refractivity (Wildman–Crippen MR) is 96.0 cm³/mol. The maximum Gasteiger partial charge on any atom is 0.243 e. The third-order valence-corrected chi connectivity index (χ3v) is 6.18. The van der Waals surface area contributed by atoms with Crippen LogP contribution in [0.15, 0.2) is 29.2 Å². The highest BCUT2D eigenvalue weighted by atomic mass is 32.2. The van der Waals surface area contributed by atoms with Crippen molar-refractivity contribution in [3.05, 3.63) is 24.3 Å². The van der Waals surface area contributed by atoms with Crippen molar-refractivity contribution in [2.75, 3.05) is 39.8 Å². The van der Waals surface area contributed by atoms with Crippen LogP contribution in [0.5, 0.6) is 5.75 Å². The maximum absolute atomic E-state index is 12.7. The molecule has 0 atom stereocenters. The zero-order valence-corrected chi connectivity index (χ0v) is 15.6. The second-order valence-corrected chi connectivity index (χ2v) is 7.92. The fraction of sp³-hybridized carbons (Fsp3) is 0.588. The fourth-order valence-corrected chi connectivity index (χ4v) is 4.31. The van der Waals surface area contributed by atoms with E-state index < -0.39 is 10.0 Å². The number of nitrogens with zero attached hydrogens (tertiary/aromatic N) is 1. The van der Waals surface area contributed by atoms with Gasteiger partial charge in [0.2, 0.25) is 15.9 Å².